The average molecular weight is 470 g/mol. The second-order valence-corrected chi connectivity index (χ2v) is 8.90. The molecule has 3 aromatic heterocycles. The Morgan fingerprint density at radius 2 is 1.69 bits per heavy atom. The Hall–Kier alpha value is -3.85. The molecule has 35 heavy (non-hydrogen) atoms. The molecule has 0 N–H and O–H groups in total. The summed E-state index contributed by atoms with van der Waals surface area (Å²) in [5, 5.41) is 5.73. The van der Waals surface area contributed by atoms with Crippen LogP contribution >= 0.6 is 0 Å². The fraction of sp³-hybridized carbons (Fsp3) is 0.346. The second-order valence-electron chi connectivity index (χ2n) is 8.90. The van der Waals surface area contributed by atoms with Crippen LogP contribution in [0.1, 0.15) is 29.4 Å². The number of rotatable bonds is 4. The van der Waals surface area contributed by atoms with Gasteiger partial charge < -0.3 is 14.5 Å². The first-order chi connectivity index (χ1) is 17.3. The van der Waals surface area contributed by atoms with Crippen LogP contribution in [-0.2, 0) is 4.74 Å². The molecule has 0 radical (unpaired) electrons. The quantitative estimate of drug-likeness (QED) is 0.453. The number of fused-ring (bicyclic) bond motifs is 1. The van der Waals surface area contributed by atoms with Crippen molar-refractivity contribution in [3.8, 4) is 11.4 Å². The summed E-state index contributed by atoms with van der Waals surface area (Å²) in [6, 6.07) is 15.7. The highest BCUT2D eigenvalue weighted by Crippen LogP contribution is 2.32. The maximum absolute atomic E-state index is 12.8. The highest BCUT2D eigenvalue weighted by molar-refractivity contribution is 5.92. The number of benzene rings is 1. The molecular formula is C26H27N7O2. The van der Waals surface area contributed by atoms with E-state index in [1.807, 2.05) is 58.2 Å². The minimum Gasteiger partial charge on any atom is -0.378 e. The third-order valence-electron chi connectivity index (χ3n) is 6.76. The fourth-order valence-electron chi connectivity index (χ4n) is 4.88. The average Bonchev–Trinajstić information content (AvgIpc) is 3.38. The number of carbonyl (C=O) groups is 1. The molecule has 9 nitrogen and oxygen atoms in total. The maximum Gasteiger partial charge on any atom is 0.272 e. The van der Waals surface area contributed by atoms with Crippen molar-refractivity contribution in [2.45, 2.75) is 18.9 Å². The summed E-state index contributed by atoms with van der Waals surface area (Å²) in [5.41, 5.74) is 2.31. The number of morpholine rings is 1. The molecule has 178 valence electrons. The summed E-state index contributed by atoms with van der Waals surface area (Å²) in [7, 11) is 0. The molecule has 0 atom stereocenters. The Morgan fingerprint density at radius 3 is 2.43 bits per heavy atom. The summed E-state index contributed by atoms with van der Waals surface area (Å²) in [4.78, 5) is 31.1. The van der Waals surface area contributed by atoms with Crippen LogP contribution in [0.3, 0.4) is 0 Å². The van der Waals surface area contributed by atoms with Gasteiger partial charge in [0.05, 0.1) is 30.8 Å². The number of hydrogen-bond acceptors (Lipinski definition) is 7. The molecule has 0 bridgehead atoms. The third kappa shape index (κ3) is 4.23. The fourth-order valence-corrected chi connectivity index (χ4v) is 4.88. The van der Waals surface area contributed by atoms with Gasteiger partial charge in [0.25, 0.3) is 5.91 Å². The highest BCUT2D eigenvalue weighted by Gasteiger charge is 2.28. The smallest absolute Gasteiger partial charge is 0.272 e. The van der Waals surface area contributed by atoms with Crippen LogP contribution < -0.4 is 4.90 Å². The predicted molar refractivity (Wildman–Crippen MR) is 132 cm³/mol. The standard InChI is InChI=1S/C26H27N7O2/c34-26(22-8-4-5-11-27-22)32-12-9-20(10-13-32)33-25-21(18-28-33)24(31-14-16-35-17-15-31)29-23(30-25)19-6-2-1-3-7-19/h1-8,11,18,20H,9-10,12-17H2. The van der Waals surface area contributed by atoms with Gasteiger partial charge in [-0.3, -0.25) is 9.78 Å². The lowest BCUT2D eigenvalue weighted by Crippen LogP contribution is -2.39. The van der Waals surface area contributed by atoms with Gasteiger partial charge in [-0.05, 0) is 25.0 Å². The van der Waals surface area contributed by atoms with Crippen molar-refractivity contribution < 1.29 is 9.53 Å². The molecule has 9 heteroatoms. The Bertz CT molecular complexity index is 1310. The van der Waals surface area contributed by atoms with Gasteiger partial charge in [-0.15, -0.1) is 0 Å². The van der Waals surface area contributed by atoms with Crippen LogP contribution in [0.15, 0.2) is 60.9 Å². The number of amides is 1. The zero-order chi connectivity index (χ0) is 23.6. The van der Waals surface area contributed by atoms with Crippen LogP contribution in [-0.4, -0.2) is 74.9 Å². The summed E-state index contributed by atoms with van der Waals surface area (Å²) in [5.74, 6) is 1.59. The Morgan fingerprint density at radius 1 is 0.914 bits per heavy atom. The van der Waals surface area contributed by atoms with E-state index in [0.29, 0.717) is 37.8 Å². The molecule has 2 aliphatic rings. The van der Waals surface area contributed by atoms with Gasteiger partial charge in [0.15, 0.2) is 11.5 Å². The molecule has 0 spiro atoms. The first-order valence-electron chi connectivity index (χ1n) is 12.1. The summed E-state index contributed by atoms with van der Waals surface area (Å²) in [6.07, 6.45) is 5.17. The minimum atomic E-state index is -0.0161. The topological polar surface area (TPSA) is 89.3 Å². The summed E-state index contributed by atoms with van der Waals surface area (Å²) < 4.78 is 7.60. The van der Waals surface area contributed by atoms with E-state index >= 15 is 0 Å². The van der Waals surface area contributed by atoms with Crippen molar-refractivity contribution in [2.24, 2.45) is 0 Å². The number of ether oxygens (including phenoxy) is 1. The maximum atomic E-state index is 12.8. The molecule has 1 amide bonds. The number of piperidine rings is 1. The Labute approximate surface area is 203 Å². The largest absolute Gasteiger partial charge is 0.378 e. The van der Waals surface area contributed by atoms with Crippen molar-refractivity contribution in [3.63, 3.8) is 0 Å². The summed E-state index contributed by atoms with van der Waals surface area (Å²) in [6.45, 7) is 4.27. The van der Waals surface area contributed by atoms with Crippen LogP contribution in [0.25, 0.3) is 22.4 Å². The minimum absolute atomic E-state index is 0.0161. The lowest BCUT2D eigenvalue weighted by atomic mass is 10.0. The van der Waals surface area contributed by atoms with Crippen molar-refractivity contribution in [3.05, 3.63) is 66.6 Å². The molecule has 0 aliphatic carbocycles. The van der Waals surface area contributed by atoms with Crippen molar-refractivity contribution in [1.82, 2.24) is 29.6 Å². The zero-order valence-electron chi connectivity index (χ0n) is 19.5. The van der Waals surface area contributed by atoms with Gasteiger partial charge in [0.1, 0.15) is 11.5 Å². The third-order valence-corrected chi connectivity index (χ3v) is 6.76. The van der Waals surface area contributed by atoms with Crippen LogP contribution in [0.2, 0.25) is 0 Å². The van der Waals surface area contributed by atoms with E-state index in [2.05, 4.69) is 9.88 Å². The van der Waals surface area contributed by atoms with E-state index in [0.717, 1.165) is 48.3 Å². The number of nitrogens with zero attached hydrogens (tertiary/aromatic N) is 7. The van der Waals surface area contributed by atoms with Crippen molar-refractivity contribution in [1.29, 1.82) is 0 Å². The van der Waals surface area contributed by atoms with E-state index in [4.69, 9.17) is 19.8 Å². The highest BCUT2D eigenvalue weighted by atomic mass is 16.5. The summed E-state index contributed by atoms with van der Waals surface area (Å²) >= 11 is 0. The first kappa shape index (κ1) is 21.7. The normalized spacial score (nSPS) is 17.1. The number of carbonyl (C=O) groups excluding carboxylic acids is 1. The lowest BCUT2D eigenvalue weighted by molar-refractivity contribution is 0.0685. The van der Waals surface area contributed by atoms with Gasteiger partial charge in [-0.1, -0.05) is 36.4 Å². The predicted octanol–water partition coefficient (Wildman–Crippen LogP) is 3.20. The molecule has 0 saturated carbocycles. The van der Waals surface area contributed by atoms with Crippen LogP contribution in [0, 0.1) is 0 Å². The van der Waals surface area contributed by atoms with E-state index in [1.54, 1.807) is 12.3 Å². The van der Waals surface area contributed by atoms with Gasteiger partial charge in [-0.25, -0.2) is 14.6 Å². The SMILES string of the molecule is O=C(c1ccccn1)N1CCC(n2ncc3c(N4CCOCC4)nc(-c4ccccc4)nc32)CC1. The Kier molecular flexibility index (Phi) is 5.83. The van der Waals surface area contributed by atoms with Gasteiger partial charge in [0.2, 0.25) is 0 Å². The van der Waals surface area contributed by atoms with Crippen molar-refractivity contribution in [2.75, 3.05) is 44.3 Å². The molecule has 2 saturated heterocycles. The number of anilines is 1. The molecule has 2 aliphatic heterocycles. The van der Waals surface area contributed by atoms with E-state index in [9.17, 15) is 4.79 Å². The van der Waals surface area contributed by atoms with Crippen molar-refractivity contribution >= 4 is 22.8 Å². The molecule has 6 rings (SSSR count). The van der Waals surface area contributed by atoms with Gasteiger partial charge >= 0.3 is 0 Å². The van der Waals surface area contributed by atoms with E-state index < -0.39 is 0 Å². The van der Waals surface area contributed by atoms with Crippen LogP contribution in [0.5, 0.6) is 0 Å². The zero-order valence-corrected chi connectivity index (χ0v) is 19.5. The molecule has 0 unspecified atom stereocenters. The van der Waals surface area contributed by atoms with Gasteiger partial charge in [-0.2, -0.15) is 5.10 Å². The molecule has 5 heterocycles. The van der Waals surface area contributed by atoms with Crippen LogP contribution in [0.4, 0.5) is 5.82 Å². The van der Waals surface area contributed by atoms with Gasteiger partial charge in [0, 0.05) is 37.9 Å². The molecular weight excluding hydrogens is 442 g/mol. The van der Waals surface area contributed by atoms with E-state index in [1.165, 1.54) is 0 Å². The van der Waals surface area contributed by atoms with E-state index in [-0.39, 0.29) is 11.9 Å². The number of hydrogen-bond donors (Lipinski definition) is 0. The number of pyridine rings is 1. The molecule has 1 aromatic carbocycles. The molecule has 4 aromatic rings. The monoisotopic (exact) mass is 469 g/mol. The number of likely N-dealkylation sites (tertiary alicyclic amines) is 1. The Balaban J connectivity index is 1.31. The second kappa shape index (κ2) is 9.42. The number of aromatic nitrogens is 5. The first-order valence-corrected chi connectivity index (χ1v) is 12.1. The lowest BCUT2D eigenvalue weighted by Gasteiger charge is -2.32. The molecule has 2 fully saturated rings.